The Morgan fingerprint density at radius 2 is 2.04 bits per heavy atom. The number of primary amides is 1. The second kappa shape index (κ2) is 5.44. The van der Waals surface area contributed by atoms with E-state index in [0.717, 1.165) is 6.42 Å². The highest BCUT2D eigenvalue weighted by Crippen LogP contribution is 2.49. The van der Waals surface area contributed by atoms with Crippen molar-refractivity contribution in [1.82, 2.24) is 4.98 Å². The van der Waals surface area contributed by atoms with Gasteiger partial charge in [0.2, 0.25) is 5.91 Å². The van der Waals surface area contributed by atoms with Gasteiger partial charge in [-0.15, -0.1) is 0 Å². The van der Waals surface area contributed by atoms with Crippen molar-refractivity contribution in [2.75, 3.05) is 0 Å². The third kappa shape index (κ3) is 2.73. The van der Waals surface area contributed by atoms with Crippen LogP contribution in [0.3, 0.4) is 0 Å². The third-order valence-electron chi connectivity index (χ3n) is 4.67. The second-order valence-electron chi connectivity index (χ2n) is 6.06. The molecule has 3 rings (SSSR count). The maximum Gasteiger partial charge on any atom is 0.396 e. The molecule has 0 bridgehead atoms. The van der Waals surface area contributed by atoms with Gasteiger partial charge in [0, 0.05) is 22.7 Å². The average Bonchev–Trinajstić information content (AvgIpc) is 2.82. The maximum absolute atomic E-state index is 13.6. The number of benzene rings is 1. The summed E-state index contributed by atoms with van der Waals surface area (Å²) in [5.41, 5.74) is 6.58. The van der Waals surface area contributed by atoms with Crippen molar-refractivity contribution in [1.29, 1.82) is 0 Å². The second-order valence-corrected chi connectivity index (χ2v) is 6.06. The molecule has 1 fully saturated rings. The molecule has 2 aromatic rings. The van der Waals surface area contributed by atoms with E-state index < -0.39 is 18.0 Å². The predicted octanol–water partition coefficient (Wildman–Crippen LogP) is 4.11. The lowest BCUT2D eigenvalue weighted by Crippen LogP contribution is -2.32. The van der Waals surface area contributed by atoms with Crippen molar-refractivity contribution in [3.05, 3.63) is 42.1 Å². The SMILES string of the molecule is C=C(C(N)=O)c1ccc2[nH]cc(C(C3CCC3)C(F)(F)F)c2c1. The molecule has 0 spiro atoms. The molecule has 1 aromatic heterocycles. The molecule has 1 amide bonds. The lowest BCUT2D eigenvalue weighted by Gasteiger charge is -2.35. The van der Waals surface area contributed by atoms with Gasteiger partial charge in [-0.05, 0) is 42.0 Å². The Morgan fingerprint density at radius 1 is 1.35 bits per heavy atom. The molecular weight excluding hydrogens is 305 g/mol. The zero-order valence-electron chi connectivity index (χ0n) is 12.4. The van der Waals surface area contributed by atoms with E-state index in [9.17, 15) is 18.0 Å². The fourth-order valence-corrected chi connectivity index (χ4v) is 3.20. The summed E-state index contributed by atoms with van der Waals surface area (Å²) in [5.74, 6) is -2.55. The van der Waals surface area contributed by atoms with Crippen LogP contribution in [0.5, 0.6) is 0 Å². The maximum atomic E-state index is 13.6. The number of rotatable bonds is 4. The first-order chi connectivity index (χ1) is 10.8. The van der Waals surface area contributed by atoms with Crippen LogP contribution in [0.25, 0.3) is 16.5 Å². The first kappa shape index (κ1) is 15.6. The van der Waals surface area contributed by atoms with Crippen LogP contribution in [0.2, 0.25) is 0 Å². The number of nitrogens with one attached hydrogen (secondary N) is 1. The topological polar surface area (TPSA) is 58.9 Å². The summed E-state index contributed by atoms with van der Waals surface area (Å²) in [6.45, 7) is 3.59. The lowest BCUT2D eigenvalue weighted by molar-refractivity contribution is -0.168. The minimum atomic E-state index is -4.29. The average molecular weight is 322 g/mol. The highest BCUT2D eigenvalue weighted by molar-refractivity contribution is 6.18. The number of carbonyl (C=O) groups is 1. The Kier molecular flexibility index (Phi) is 3.70. The van der Waals surface area contributed by atoms with E-state index >= 15 is 0 Å². The Morgan fingerprint density at radius 3 is 2.57 bits per heavy atom. The summed E-state index contributed by atoms with van der Waals surface area (Å²) in [4.78, 5) is 14.1. The smallest absolute Gasteiger partial charge is 0.366 e. The van der Waals surface area contributed by atoms with Gasteiger partial charge in [-0.2, -0.15) is 13.2 Å². The number of aromatic amines is 1. The summed E-state index contributed by atoms with van der Waals surface area (Å²) >= 11 is 0. The normalized spacial score (nSPS) is 17.0. The number of amides is 1. The van der Waals surface area contributed by atoms with Crippen LogP contribution in [0.4, 0.5) is 13.2 Å². The largest absolute Gasteiger partial charge is 0.396 e. The molecule has 122 valence electrons. The van der Waals surface area contributed by atoms with Gasteiger partial charge < -0.3 is 10.7 Å². The number of alkyl halides is 3. The van der Waals surface area contributed by atoms with Gasteiger partial charge in [0.1, 0.15) is 0 Å². The number of hydrogen-bond acceptors (Lipinski definition) is 1. The molecule has 0 aliphatic heterocycles. The van der Waals surface area contributed by atoms with E-state index in [0.29, 0.717) is 29.3 Å². The Hall–Kier alpha value is -2.24. The van der Waals surface area contributed by atoms with E-state index in [1.54, 1.807) is 18.2 Å². The van der Waals surface area contributed by atoms with Gasteiger partial charge in [-0.25, -0.2) is 0 Å². The molecule has 3 N–H and O–H groups in total. The fourth-order valence-electron chi connectivity index (χ4n) is 3.20. The number of hydrogen-bond donors (Lipinski definition) is 2. The number of halogens is 3. The zero-order valence-corrected chi connectivity index (χ0v) is 12.4. The van der Waals surface area contributed by atoms with Gasteiger partial charge in [0.25, 0.3) is 0 Å². The number of fused-ring (bicyclic) bond motifs is 1. The summed E-state index contributed by atoms with van der Waals surface area (Å²) in [6.07, 6.45) is -0.854. The van der Waals surface area contributed by atoms with Crippen molar-refractivity contribution < 1.29 is 18.0 Å². The molecule has 3 nitrogen and oxygen atoms in total. The van der Waals surface area contributed by atoms with E-state index in [1.807, 2.05) is 0 Å². The van der Waals surface area contributed by atoms with Crippen molar-refractivity contribution in [3.63, 3.8) is 0 Å². The van der Waals surface area contributed by atoms with Crippen LogP contribution in [-0.2, 0) is 4.79 Å². The van der Waals surface area contributed by atoms with Gasteiger partial charge >= 0.3 is 6.18 Å². The van der Waals surface area contributed by atoms with Crippen LogP contribution in [-0.4, -0.2) is 17.1 Å². The predicted molar refractivity (Wildman–Crippen MR) is 82.7 cm³/mol. The fraction of sp³-hybridized carbons (Fsp3) is 0.353. The lowest BCUT2D eigenvalue weighted by atomic mass is 9.72. The molecule has 23 heavy (non-hydrogen) atoms. The standard InChI is InChI=1S/C17H17F3N2O/c1-9(16(21)23)11-5-6-14-12(7-11)13(8-22-14)15(17(18,19)20)10-3-2-4-10/h5-8,10,15,22H,1-4H2,(H2,21,23). The van der Waals surface area contributed by atoms with Gasteiger partial charge in [0.15, 0.2) is 0 Å². The molecule has 1 aromatic carbocycles. The van der Waals surface area contributed by atoms with Crippen LogP contribution < -0.4 is 5.73 Å². The summed E-state index contributed by atoms with van der Waals surface area (Å²) in [5, 5.41) is 0.471. The minimum Gasteiger partial charge on any atom is -0.366 e. The van der Waals surface area contributed by atoms with Gasteiger partial charge in [-0.3, -0.25) is 4.79 Å². The van der Waals surface area contributed by atoms with Crippen LogP contribution >= 0.6 is 0 Å². The quantitative estimate of drug-likeness (QED) is 0.818. The molecule has 1 unspecified atom stereocenters. The number of H-pyrrole nitrogens is 1. The highest BCUT2D eigenvalue weighted by atomic mass is 19.4. The Balaban J connectivity index is 2.11. The number of carbonyl (C=O) groups excluding carboxylic acids is 1. The minimum absolute atomic E-state index is 0.0891. The van der Waals surface area contributed by atoms with Crippen molar-refractivity contribution >= 4 is 22.4 Å². The third-order valence-corrected chi connectivity index (χ3v) is 4.67. The van der Waals surface area contributed by atoms with E-state index in [1.165, 1.54) is 6.20 Å². The van der Waals surface area contributed by atoms with Crippen LogP contribution in [0.15, 0.2) is 31.0 Å². The Bertz CT molecular complexity index is 772. The molecule has 0 saturated heterocycles. The first-order valence-corrected chi connectivity index (χ1v) is 7.46. The molecule has 1 aliphatic carbocycles. The molecule has 0 radical (unpaired) electrons. The zero-order chi connectivity index (χ0) is 16.8. The Labute approximate surface area is 131 Å². The molecule has 1 heterocycles. The molecule has 1 aliphatic rings. The molecular formula is C17H17F3N2O. The number of aromatic nitrogens is 1. The van der Waals surface area contributed by atoms with E-state index in [2.05, 4.69) is 11.6 Å². The van der Waals surface area contributed by atoms with Crippen molar-refractivity contribution in [2.45, 2.75) is 31.4 Å². The highest BCUT2D eigenvalue weighted by Gasteiger charge is 2.48. The monoisotopic (exact) mass is 322 g/mol. The summed E-state index contributed by atoms with van der Waals surface area (Å²) in [6, 6.07) is 4.84. The first-order valence-electron chi connectivity index (χ1n) is 7.46. The summed E-state index contributed by atoms with van der Waals surface area (Å²) in [7, 11) is 0. The molecule has 1 saturated carbocycles. The summed E-state index contributed by atoms with van der Waals surface area (Å²) < 4.78 is 40.7. The molecule has 1 atom stereocenters. The van der Waals surface area contributed by atoms with Gasteiger partial charge in [0.05, 0.1) is 5.92 Å². The molecule has 6 heteroatoms. The van der Waals surface area contributed by atoms with E-state index in [-0.39, 0.29) is 17.1 Å². The van der Waals surface area contributed by atoms with Gasteiger partial charge in [-0.1, -0.05) is 19.1 Å². The van der Waals surface area contributed by atoms with Crippen LogP contribution in [0.1, 0.15) is 36.3 Å². The number of nitrogens with two attached hydrogens (primary N) is 1. The van der Waals surface area contributed by atoms with Crippen LogP contribution in [0, 0.1) is 5.92 Å². The van der Waals surface area contributed by atoms with Crippen molar-refractivity contribution in [3.8, 4) is 0 Å². The van der Waals surface area contributed by atoms with Crippen molar-refractivity contribution in [2.24, 2.45) is 11.7 Å². The van der Waals surface area contributed by atoms with E-state index in [4.69, 9.17) is 5.73 Å².